The van der Waals surface area contributed by atoms with E-state index in [1.54, 1.807) is 0 Å². The second-order valence-corrected chi connectivity index (χ2v) is 6.47. The van der Waals surface area contributed by atoms with Crippen LogP contribution in [-0.4, -0.2) is 61.0 Å². The van der Waals surface area contributed by atoms with Gasteiger partial charge in [0.2, 0.25) is 5.91 Å². The van der Waals surface area contributed by atoms with E-state index in [4.69, 9.17) is 0 Å². The van der Waals surface area contributed by atoms with Crippen LogP contribution in [0.3, 0.4) is 0 Å². The second-order valence-electron chi connectivity index (χ2n) is 6.47. The number of hydrogen-bond donors (Lipinski definition) is 1. The molecule has 4 rings (SSSR count). The zero-order valence-electron chi connectivity index (χ0n) is 11.0. The first-order valence-electron chi connectivity index (χ1n) is 7.58. The molecule has 100 valence electrons. The summed E-state index contributed by atoms with van der Waals surface area (Å²) in [7, 11) is 0. The van der Waals surface area contributed by atoms with Crippen LogP contribution >= 0.6 is 0 Å². The maximum atomic E-state index is 12.3. The molecule has 4 nitrogen and oxygen atoms in total. The van der Waals surface area contributed by atoms with Crippen LogP contribution in [0.1, 0.15) is 19.3 Å². The Labute approximate surface area is 109 Å². The molecule has 18 heavy (non-hydrogen) atoms. The lowest BCUT2D eigenvalue weighted by Gasteiger charge is -2.47. The van der Waals surface area contributed by atoms with Crippen LogP contribution in [0.2, 0.25) is 0 Å². The molecule has 2 aliphatic carbocycles. The molecule has 0 aromatic rings. The molecule has 1 N–H and O–H groups in total. The third-order valence-electron chi connectivity index (χ3n) is 5.53. The van der Waals surface area contributed by atoms with Crippen LogP contribution in [0.5, 0.6) is 0 Å². The Morgan fingerprint density at radius 1 is 1.06 bits per heavy atom. The molecule has 2 aliphatic heterocycles. The molecule has 0 aromatic carbocycles. The number of nitrogens with zero attached hydrogens (tertiary/aromatic N) is 2. The molecule has 0 spiro atoms. The van der Waals surface area contributed by atoms with Gasteiger partial charge in [-0.1, -0.05) is 6.42 Å². The molecule has 2 heterocycles. The fourth-order valence-corrected chi connectivity index (χ4v) is 4.31. The number of nitrogens with one attached hydrogen (secondary N) is 1. The Kier molecular flexibility index (Phi) is 2.62. The van der Waals surface area contributed by atoms with E-state index in [0.717, 1.165) is 51.1 Å². The van der Waals surface area contributed by atoms with Crippen molar-refractivity contribution < 1.29 is 4.79 Å². The SMILES string of the molecule is O=C(C1C2CCCC21)N1CC(N2CCNCC2)C1. The highest BCUT2D eigenvalue weighted by molar-refractivity contribution is 5.83. The van der Waals surface area contributed by atoms with Gasteiger partial charge >= 0.3 is 0 Å². The van der Waals surface area contributed by atoms with Crippen molar-refractivity contribution in [1.29, 1.82) is 0 Å². The van der Waals surface area contributed by atoms with Gasteiger partial charge in [-0.3, -0.25) is 9.69 Å². The number of carbonyl (C=O) groups is 1. The summed E-state index contributed by atoms with van der Waals surface area (Å²) in [5.74, 6) is 2.46. The lowest BCUT2D eigenvalue weighted by molar-refractivity contribution is -0.141. The Balaban J connectivity index is 1.27. The first kappa shape index (κ1) is 11.2. The van der Waals surface area contributed by atoms with Crippen molar-refractivity contribution in [3.05, 3.63) is 0 Å². The monoisotopic (exact) mass is 249 g/mol. The zero-order chi connectivity index (χ0) is 12.1. The van der Waals surface area contributed by atoms with Crippen LogP contribution in [-0.2, 0) is 4.79 Å². The minimum atomic E-state index is 0.433. The summed E-state index contributed by atoms with van der Waals surface area (Å²) in [6.07, 6.45) is 3.99. The van der Waals surface area contributed by atoms with Crippen molar-refractivity contribution in [3.8, 4) is 0 Å². The first-order chi connectivity index (χ1) is 8.84. The van der Waals surface area contributed by atoms with E-state index in [1.165, 1.54) is 19.3 Å². The van der Waals surface area contributed by atoms with Gasteiger partial charge in [-0.05, 0) is 24.7 Å². The second kappa shape index (κ2) is 4.20. The fraction of sp³-hybridized carbons (Fsp3) is 0.929. The molecule has 0 aromatic heterocycles. The summed E-state index contributed by atoms with van der Waals surface area (Å²) in [5.41, 5.74) is 0. The smallest absolute Gasteiger partial charge is 0.226 e. The summed E-state index contributed by atoms with van der Waals surface area (Å²) in [6, 6.07) is 0.648. The van der Waals surface area contributed by atoms with Crippen molar-refractivity contribution in [2.24, 2.45) is 17.8 Å². The van der Waals surface area contributed by atoms with Crippen molar-refractivity contribution >= 4 is 5.91 Å². The summed E-state index contributed by atoms with van der Waals surface area (Å²) < 4.78 is 0. The first-order valence-corrected chi connectivity index (χ1v) is 7.58. The van der Waals surface area contributed by atoms with E-state index in [9.17, 15) is 4.79 Å². The number of hydrogen-bond acceptors (Lipinski definition) is 3. The fourth-order valence-electron chi connectivity index (χ4n) is 4.31. The Morgan fingerprint density at radius 2 is 1.72 bits per heavy atom. The third-order valence-corrected chi connectivity index (χ3v) is 5.53. The standard InChI is InChI=1S/C14H23N3O/c18-14(13-11-2-1-3-12(11)13)17-8-10(9-17)16-6-4-15-5-7-16/h10-13,15H,1-9H2. The molecule has 4 heteroatoms. The number of amides is 1. The molecule has 0 bridgehead atoms. The van der Waals surface area contributed by atoms with Gasteiger partial charge in [0, 0.05) is 51.2 Å². The molecule has 1 amide bonds. The highest BCUT2D eigenvalue weighted by Gasteiger charge is 2.58. The van der Waals surface area contributed by atoms with Gasteiger partial charge in [-0.15, -0.1) is 0 Å². The van der Waals surface area contributed by atoms with Crippen LogP contribution in [0.25, 0.3) is 0 Å². The van der Waals surface area contributed by atoms with E-state index < -0.39 is 0 Å². The van der Waals surface area contributed by atoms with Gasteiger partial charge in [0.1, 0.15) is 0 Å². The molecular formula is C14H23N3O. The van der Waals surface area contributed by atoms with E-state index >= 15 is 0 Å². The highest BCUT2D eigenvalue weighted by atomic mass is 16.2. The van der Waals surface area contributed by atoms with Crippen molar-refractivity contribution in [2.75, 3.05) is 39.3 Å². The molecule has 4 fully saturated rings. The van der Waals surface area contributed by atoms with Gasteiger partial charge in [0.05, 0.1) is 0 Å². The van der Waals surface area contributed by atoms with Gasteiger partial charge < -0.3 is 10.2 Å². The molecule has 2 saturated heterocycles. The summed E-state index contributed by atoms with van der Waals surface area (Å²) >= 11 is 0. The van der Waals surface area contributed by atoms with Gasteiger partial charge in [0.25, 0.3) is 0 Å². The van der Waals surface area contributed by atoms with Crippen LogP contribution in [0, 0.1) is 17.8 Å². The largest absolute Gasteiger partial charge is 0.339 e. The lowest BCUT2D eigenvalue weighted by atomic mass is 10.0. The maximum absolute atomic E-state index is 12.3. The average Bonchev–Trinajstić information content (AvgIpc) is 2.82. The number of piperazine rings is 1. The Hall–Kier alpha value is -0.610. The van der Waals surface area contributed by atoms with Gasteiger partial charge in [-0.25, -0.2) is 0 Å². The van der Waals surface area contributed by atoms with Crippen molar-refractivity contribution in [2.45, 2.75) is 25.3 Å². The lowest BCUT2D eigenvalue weighted by Crippen LogP contribution is -2.64. The molecular weight excluding hydrogens is 226 g/mol. The quantitative estimate of drug-likeness (QED) is 0.756. The predicted molar refractivity (Wildman–Crippen MR) is 69.1 cm³/mol. The third kappa shape index (κ3) is 1.69. The van der Waals surface area contributed by atoms with Gasteiger partial charge in [-0.2, -0.15) is 0 Å². The average molecular weight is 249 g/mol. The molecule has 2 saturated carbocycles. The number of carbonyl (C=O) groups excluding carboxylic acids is 1. The van der Waals surface area contributed by atoms with Gasteiger partial charge in [0.15, 0.2) is 0 Å². The molecule has 0 radical (unpaired) electrons. The summed E-state index contributed by atoms with van der Waals surface area (Å²) in [4.78, 5) is 17.0. The molecule has 4 aliphatic rings. The Bertz CT molecular complexity index is 337. The van der Waals surface area contributed by atoms with Crippen LogP contribution in [0.4, 0.5) is 0 Å². The number of likely N-dealkylation sites (tertiary alicyclic amines) is 1. The van der Waals surface area contributed by atoms with Crippen molar-refractivity contribution in [3.63, 3.8) is 0 Å². The molecule has 2 unspecified atom stereocenters. The number of rotatable bonds is 2. The highest BCUT2D eigenvalue weighted by Crippen LogP contribution is 2.58. The molecule has 2 atom stereocenters. The zero-order valence-corrected chi connectivity index (χ0v) is 11.0. The summed E-state index contributed by atoms with van der Waals surface area (Å²) in [6.45, 7) is 6.51. The van der Waals surface area contributed by atoms with E-state index in [-0.39, 0.29) is 0 Å². The van der Waals surface area contributed by atoms with E-state index in [1.807, 2.05) is 0 Å². The normalized spacial score (nSPS) is 40.4. The summed E-state index contributed by atoms with van der Waals surface area (Å²) in [5, 5.41) is 3.38. The van der Waals surface area contributed by atoms with Crippen molar-refractivity contribution in [1.82, 2.24) is 15.1 Å². The topological polar surface area (TPSA) is 35.6 Å². The van der Waals surface area contributed by atoms with Crippen LogP contribution in [0.15, 0.2) is 0 Å². The van der Waals surface area contributed by atoms with Crippen LogP contribution < -0.4 is 5.32 Å². The minimum Gasteiger partial charge on any atom is -0.339 e. The van der Waals surface area contributed by atoms with E-state index in [0.29, 0.717) is 17.9 Å². The maximum Gasteiger partial charge on any atom is 0.226 e. The van der Waals surface area contributed by atoms with E-state index in [2.05, 4.69) is 15.1 Å². The minimum absolute atomic E-state index is 0.433. The predicted octanol–water partition coefficient (Wildman–Crippen LogP) is 0.149. The number of fused-ring (bicyclic) bond motifs is 1. The Morgan fingerprint density at radius 3 is 2.39 bits per heavy atom.